The average Bonchev–Trinajstić information content (AvgIpc) is 2.51. The lowest BCUT2D eigenvalue weighted by Crippen LogP contribution is -2.40. The minimum Gasteiger partial charge on any atom is -0.448 e. The number of aliphatic imine (C=N–C) groups is 2. The Morgan fingerprint density at radius 3 is 1.45 bits per heavy atom. The zero-order chi connectivity index (χ0) is 17.4. The number of nitrogens with zero attached hydrogens (tertiary/aromatic N) is 2. The van der Waals surface area contributed by atoms with Gasteiger partial charge in [0.15, 0.2) is 12.2 Å². The second-order valence-electron chi connectivity index (χ2n) is 3.55. The summed E-state index contributed by atoms with van der Waals surface area (Å²) >= 11 is 0. The molecule has 0 aromatic heterocycles. The van der Waals surface area contributed by atoms with Crippen molar-refractivity contribution >= 4 is 24.1 Å². The summed E-state index contributed by atoms with van der Waals surface area (Å²) in [5, 5.41) is 15.2. The third kappa shape index (κ3) is 12.6. The first kappa shape index (κ1) is 21.9. The molecular formula is C12H18N2O8. The van der Waals surface area contributed by atoms with E-state index in [0.29, 0.717) is 0 Å². The Balaban J connectivity index is 0. The van der Waals surface area contributed by atoms with Gasteiger partial charge in [0.25, 0.3) is 0 Å². The van der Waals surface area contributed by atoms with Crippen molar-refractivity contribution in [2.24, 2.45) is 9.98 Å². The van der Waals surface area contributed by atoms with Crippen molar-refractivity contribution in [3.63, 3.8) is 0 Å². The van der Waals surface area contributed by atoms with Gasteiger partial charge in [0.05, 0.1) is 26.3 Å². The van der Waals surface area contributed by atoms with Crippen LogP contribution in [0.25, 0.3) is 0 Å². The number of esters is 2. The molecule has 124 valence electrons. The second-order valence-corrected chi connectivity index (χ2v) is 3.55. The maximum absolute atomic E-state index is 10.7. The summed E-state index contributed by atoms with van der Waals surface area (Å²) in [4.78, 5) is 46.2. The fraction of sp³-hybridized carbons (Fsp3) is 0.667. The zero-order valence-corrected chi connectivity index (χ0v) is 12.2. The molecule has 1 heterocycles. The number of ether oxygens (including phenoxy) is 2. The van der Waals surface area contributed by atoms with Gasteiger partial charge in [0.1, 0.15) is 0 Å². The maximum atomic E-state index is 10.7. The highest BCUT2D eigenvalue weighted by molar-refractivity contribution is 5.86. The van der Waals surface area contributed by atoms with E-state index in [0.717, 1.165) is 0 Å². The fourth-order valence-corrected chi connectivity index (χ4v) is 0.828. The molecule has 2 N–H and O–H groups in total. The Kier molecular flexibility index (Phi) is 15.0. The van der Waals surface area contributed by atoms with E-state index < -0.39 is 24.1 Å². The van der Waals surface area contributed by atoms with Gasteiger partial charge in [-0.05, 0) is 13.8 Å². The molecule has 0 spiro atoms. The summed E-state index contributed by atoms with van der Waals surface area (Å²) in [5.74, 6) is -0.959. The van der Waals surface area contributed by atoms with Crippen molar-refractivity contribution in [3.8, 4) is 0 Å². The molecule has 0 amide bonds. The van der Waals surface area contributed by atoms with Crippen LogP contribution in [0.5, 0.6) is 0 Å². The largest absolute Gasteiger partial charge is 0.448 e. The van der Waals surface area contributed by atoms with Crippen LogP contribution < -0.4 is 0 Å². The summed E-state index contributed by atoms with van der Waals surface area (Å²) in [7, 11) is 0. The summed E-state index contributed by atoms with van der Waals surface area (Å²) in [6.45, 7) is 3.15. The van der Waals surface area contributed by atoms with Gasteiger partial charge >= 0.3 is 11.9 Å². The quantitative estimate of drug-likeness (QED) is 0.275. The number of carbonyl (C=O) groups excluding carboxylic acids is 4. The summed E-state index contributed by atoms with van der Waals surface area (Å²) in [6, 6.07) is 0. The van der Waals surface area contributed by atoms with Crippen LogP contribution in [-0.4, -0.2) is 72.8 Å². The molecule has 10 heteroatoms. The minimum absolute atomic E-state index is 0.125. The Labute approximate surface area is 126 Å². The molecule has 0 aromatic carbocycles. The number of isocyanates is 2. The van der Waals surface area contributed by atoms with Gasteiger partial charge in [-0.3, -0.25) is 0 Å². The molecule has 22 heavy (non-hydrogen) atoms. The van der Waals surface area contributed by atoms with Gasteiger partial charge in [0, 0.05) is 0 Å². The number of rotatable bonds is 4. The van der Waals surface area contributed by atoms with Gasteiger partial charge in [0.2, 0.25) is 12.2 Å². The van der Waals surface area contributed by atoms with Crippen LogP contribution in [0, 0.1) is 0 Å². The average molecular weight is 318 g/mol. The third-order valence-electron chi connectivity index (χ3n) is 1.80. The van der Waals surface area contributed by atoms with Crippen molar-refractivity contribution in [1.82, 2.24) is 0 Å². The highest BCUT2D eigenvalue weighted by Crippen LogP contribution is 2.08. The highest BCUT2D eigenvalue weighted by Gasteiger charge is 2.32. The minimum atomic E-state index is -0.747. The number of hydrogen-bond donors (Lipinski definition) is 2. The second kappa shape index (κ2) is 15.0. The summed E-state index contributed by atoms with van der Waals surface area (Å²) in [5.41, 5.74) is 0. The maximum Gasteiger partial charge on any atom is 0.347 e. The molecule has 1 saturated heterocycles. The van der Waals surface area contributed by atoms with Crippen LogP contribution in [0.1, 0.15) is 13.8 Å². The van der Waals surface area contributed by atoms with Gasteiger partial charge in [-0.2, -0.15) is 0 Å². The van der Waals surface area contributed by atoms with Crippen LogP contribution in [0.15, 0.2) is 9.98 Å². The first-order valence-corrected chi connectivity index (χ1v) is 6.14. The molecule has 1 fully saturated rings. The van der Waals surface area contributed by atoms with E-state index in [-0.39, 0.29) is 26.3 Å². The molecule has 0 radical (unpaired) electrons. The van der Waals surface area contributed by atoms with Crippen molar-refractivity contribution < 1.29 is 38.9 Å². The van der Waals surface area contributed by atoms with Gasteiger partial charge < -0.3 is 19.7 Å². The lowest BCUT2D eigenvalue weighted by Gasteiger charge is -2.22. The van der Waals surface area contributed by atoms with Crippen LogP contribution in [0.3, 0.4) is 0 Å². The first-order chi connectivity index (χ1) is 10.4. The van der Waals surface area contributed by atoms with Gasteiger partial charge in [-0.1, -0.05) is 0 Å². The normalized spacial score (nSPS) is 18.7. The van der Waals surface area contributed by atoms with E-state index in [1.54, 1.807) is 0 Å². The smallest absolute Gasteiger partial charge is 0.347 e. The molecule has 0 bridgehead atoms. The molecule has 0 saturated carbocycles. The lowest BCUT2D eigenvalue weighted by atomic mass is 10.3. The fourth-order valence-electron chi connectivity index (χ4n) is 0.828. The Morgan fingerprint density at radius 2 is 1.23 bits per heavy atom. The topological polar surface area (TPSA) is 152 Å². The Hall–Kier alpha value is -2.38. The van der Waals surface area contributed by atoms with Crippen LogP contribution in [0.4, 0.5) is 0 Å². The van der Waals surface area contributed by atoms with Crippen molar-refractivity contribution in [3.05, 3.63) is 0 Å². The highest BCUT2D eigenvalue weighted by atomic mass is 16.6. The van der Waals surface area contributed by atoms with E-state index in [1.165, 1.54) is 26.0 Å². The molecule has 2 atom stereocenters. The number of aliphatic hydroxyl groups excluding tert-OH is 2. The Bertz CT molecular complexity index is 387. The van der Waals surface area contributed by atoms with Gasteiger partial charge in [-0.25, -0.2) is 29.2 Å². The zero-order valence-electron chi connectivity index (χ0n) is 12.2. The van der Waals surface area contributed by atoms with E-state index in [4.69, 9.17) is 10.2 Å². The van der Waals surface area contributed by atoms with Gasteiger partial charge in [-0.15, -0.1) is 0 Å². The number of aliphatic hydroxyl groups is 2. The number of hydrogen-bond acceptors (Lipinski definition) is 10. The molecule has 0 aliphatic carbocycles. The number of cyclic esters (lactones) is 2. The predicted octanol–water partition coefficient (Wildman–Crippen LogP) is -1.51. The predicted molar refractivity (Wildman–Crippen MR) is 71.3 cm³/mol. The van der Waals surface area contributed by atoms with Crippen LogP contribution in [-0.2, 0) is 28.7 Å². The molecule has 1 rings (SSSR count). The molecular weight excluding hydrogens is 300 g/mol. The molecule has 1 aliphatic heterocycles. The summed E-state index contributed by atoms with van der Waals surface area (Å²) in [6.07, 6.45) is 1.13. The summed E-state index contributed by atoms with van der Waals surface area (Å²) < 4.78 is 9.19. The van der Waals surface area contributed by atoms with Crippen molar-refractivity contribution in [1.29, 1.82) is 0 Å². The Morgan fingerprint density at radius 1 is 0.909 bits per heavy atom. The number of carbonyl (C=O) groups is 2. The third-order valence-corrected chi connectivity index (χ3v) is 1.80. The molecule has 10 nitrogen and oxygen atoms in total. The standard InChI is InChI=1S/C6H8O4.C4H4N2O2.C2H6O2/c1-3-5(7)10-4(2)6(8)9-3;7-3-5-1-2-6-4-8;3-1-2-4/h3-4H,1-2H3;1-2H2;3-4H,1-2H2. The molecule has 0 aromatic rings. The SMILES string of the molecule is CC1OC(=O)C(C)OC1=O.O=C=NCCN=C=O.OCCO. The van der Waals surface area contributed by atoms with Crippen molar-refractivity contribution in [2.75, 3.05) is 26.3 Å². The lowest BCUT2D eigenvalue weighted by molar-refractivity contribution is -0.191. The monoisotopic (exact) mass is 318 g/mol. The van der Waals surface area contributed by atoms with E-state index in [1.807, 2.05) is 0 Å². The van der Waals surface area contributed by atoms with E-state index in [9.17, 15) is 19.2 Å². The molecule has 1 aliphatic rings. The van der Waals surface area contributed by atoms with Crippen LogP contribution >= 0.6 is 0 Å². The van der Waals surface area contributed by atoms with E-state index in [2.05, 4.69) is 19.5 Å². The molecule has 2 unspecified atom stereocenters. The van der Waals surface area contributed by atoms with Crippen LogP contribution in [0.2, 0.25) is 0 Å². The first-order valence-electron chi connectivity index (χ1n) is 6.14. The van der Waals surface area contributed by atoms with E-state index >= 15 is 0 Å². The van der Waals surface area contributed by atoms with Crippen molar-refractivity contribution in [2.45, 2.75) is 26.1 Å².